The van der Waals surface area contributed by atoms with Crippen molar-refractivity contribution in [1.82, 2.24) is 13.9 Å². The lowest BCUT2D eigenvalue weighted by Crippen LogP contribution is -2.39. The average molecular weight is 289 g/mol. The molecule has 0 aliphatic carbocycles. The topological polar surface area (TPSA) is 92.5 Å². The molecule has 1 heterocycles. The lowest BCUT2D eigenvalue weighted by Gasteiger charge is -2.22. The van der Waals surface area contributed by atoms with Crippen LogP contribution in [0.25, 0.3) is 0 Å². The van der Waals surface area contributed by atoms with Crippen LogP contribution in [-0.4, -0.2) is 46.4 Å². The minimum atomic E-state index is -3.85. The van der Waals surface area contributed by atoms with E-state index in [2.05, 4.69) is 4.98 Å². The van der Waals surface area contributed by atoms with Gasteiger partial charge in [-0.15, -0.1) is 0 Å². The molecule has 7 nitrogen and oxygen atoms in total. The predicted molar refractivity (Wildman–Crippen MR) is 69.2 cm³/mol. The molecule has 108 valence electrons. The van der Waals surface area contributed by atoms with Crippen molar-refractivity contribution in [1.29, 1.82) is 0 Å². The summed E-state index contributed by atoms with van der Waals surface area (Å²) in [6, 6.07) is 0. The van der Waals surface area contributed by atoms with Gasteiger partial charge in [-0.3, -0.25) is 4.79 Å². The van der Waals surface area contributed by atoms with Crippen molar-refractivity contribution in [3.63, 3.8) is 0 Å². The van der Waals surface area contributed by atoms with Crippen molar-refractivity contribution in [3.05, 3.63) is 12.0 Å². The summed E-state index contributed by atoms with van der Waals surface area (Å²) in [6.07, 6.45) is 1.25. The first-order valence-electron chi connectivity index (χ1n) is 5.86. The molecule has 19 heavy (non-hydrogen) atoms. The maximum Gasteiger partial charge on any atom is 0.318 e. The molecule has 0 fully saturated rings. The summed E-state index contributed by atoms with van der Waals surface area (Å²) in [6.45, 7) is 4.95. The van der Waals surface area contributed by atoms with Gasteiger partial charge in [-0.2, -0.15) is 4.31 Å². The van der Waals surface area contributed by atoms with Crippen LogP contribution in [-0.2, 0) is 21.9 Å². The van der Waals surface area contributed by atoms with Gasteiger partial charge in [0, 0.05) is 13.6 Å². The third-order valence-corrected chi connectivity index (χ3v) is 4.53. The Hall–Kier alpha value is -1.41. The van der Waals surface area contributed by atoms with Gasteiger partial charge < -0.3 is 9.67 Å². The van der Waals surface area contributed by atoms with Crippen LogP contribution < -0.4 is 0 Å². The largest absolute Gasteiger partial charge is 0.480 e. The van der Waals surface area contributed by atoms with Crippen molar-refractivity contribution in [3.8, 4) is 0 Å². The quantitative estimate of drug-likeness (QED) is 0.821. The van der Waals surface area contributed by atoms with Crippen LogP contribution >= 0.6 is 0 Å². The minimum Gasteiger partial charge on any atom is -0.480 e. The lowest BCUT2D eigenvalue weighted by atomic mass is 10.2. The molecule has 0 saturated carbocycles. The molecule has 0 aromatic carbocycles. The Morgan fingerprint density at radius 2 is 2.11 bits per heavy atom. The van der Waals surface area contributed by atoms with Gasteiger partial charge in [0.25, 0.3) is 10.0 Å². The van der Waals surface area contributed by atoms with E-state index in [0.29, 0.717) is 5.82 Å². The van der Waals surface area contributed by atoms with E-state index in [-0.39, 0.29) is 17.5 Å². The van der Waals surface area contributed by atoms with E-state index >= 15 is 0 Å². The van der Waals surface area contributed by atoms with Gasteiger partial charge in [0.1, 0.15) is 12.4 Å². The monoisotopic (exact) mass is 289 g/mol. The van der Waals surface area contributed by atoms with Crippen molar-refractivity contribution in [2.45, 2.75) is 25.8 Å². The smallest absolute Gasteiger partial charge is 0.318 e. The van der Waals surface area contributed by atoms with Crippen LogP contribution in [0.4, 0.5) is 0 Å². The standard InChI is InChI=1S/C11H19N3O4S/c1-8(2)6-14(7-11(15)16)19(17,18)10-5-12-9(3)13(10)4/h5,8H,6-7H2,1-4H3,(H,15,16). The second kappa shape index (κ2) is 5.70. The predicted octanol–water partition coefficient (Wildman–Crippen LogP) is 0.460. The third kappa shape index (κ3) is 3.54. The second-order valence-corrected chi connectivity index (χ2v) is 6.67. The van der Waals surface area contributed by atoms with Crippen molar-refractivity contribution >= 4 is 16.0 Å². The number of aliphatic carboxylic acids is 1. The Balaban J connectivity index is 3.19. The Labute approximate surface area is 112 Å². The number of carboxylic acids is 1. The zero-order valence-corrected chi connectivity index (χ0v) is 12.3. The van der Waals surface area contributed by atoms with Crippen molar-refractivity contribution < 1.29 is 18.3 Å². The Bertz CT molecular complexity index is 562. The van der Waals surface area contributed by atoms with Crippen molar-refractivity contribution in [2.75, 3.05) is 13.1 Å². The maximum absolute atomic E-state index is 12.4. The molecule has 1 N–H and O–H groups in total. The molecule has 0 aliphatic heterocycles. The van der Waals surface area contributed by atoms with Gasteiger partial charge in [-0.1, -0.05) is 13.8 Å². The molecular formula is C11H19N3O4S. The van der Waals surface area contributed by atoms with Crippen molar-refractivity contribution in [2.24, 2.45) is 13.0 Å². The summed E-state index contributed by atoms with van der Waals surface area (Å²) in [4.78, 5) is 14.8. The number of carboxylic acid groups (broad SMARTS) is 1. The van der Waals surface area contributed by atoms with Crippen LogP contribution in [0.5, 0.6) is 0 Å². The summed E-state index contributed by atoms with van der Waals surface area (Å²) in [5, 5.41) is 8.86. The Kier molecular flexibility index (Phi) is 4.70. The van der Waals surface area contributed by atoms with Crippen LogP contribution in [0.15, 0.2) is 11.2 Å². The first-order chi connectivity index (χ1) is 8.66. The molecular weight excluding hydrogens is 270 g/mol. The molecule has 0 amide bonds. The second-order valence-electron chi connectivity index (χ2n) is 4.79. The van der Waals surface area contributed by atoms with E-state index in [1.54, 1.807) is 14.0 Å². The highest BCUT2D eigenvalue weighted by Gasteiger charge is 2.30. The van der Waals surface area contributed by atoms with E-state index in [4.69, 9.17) is 5.11 Å². The molecule has 0 bridgehead atoms. The molecule has 0 aliphatic rings. The molecule has 1 rings (SSSR count). The SMILES string of the molecule is Cc1ncc(S(=O)(=O)N(CC(=O)O)CC(C)C)n1C. The van der Waals surface area contributed by atoms with Gasteiger partial charge in [0.05, 0.1) is 6.20 Å². The molecule has 8 heteroatoms. The maximum atomic E-state index is 12.4. The number of carbonyl (C=O) groups is 1. The number of aromatic nitrogens is 2. The van der Waals surface area contributed by atoms with Gasteiger partial charge >= 0.3 is 5.97 Å². The first kappa shape index (κ1) is 15.6. The van der Waals surface area contributed by atoms with Gasteiger partial charge in [0.2, 0.25) is 0 Å². The molecule has 1 aromatic heterocycles. The normalized spacial score (nSPS) is 12.3. The van der Waals surface area contributed by atoms with E-state index in [1.807, 2.05) is 13.8 Å². The highest BCUT2D eigenvalue weighted by Crippen LogP contribution is 2.17. The zero-order chi connectivity index (χ0) is 14.8. The zero-order valence-electron chi connectivity index (χ0n) is 11.5. The lowest BCUT2D eigenvalue weighted by molar-refractivity contribution is -0.137. The molecule has 0 saturated heterocycles. The average Bonchev–Trinajstić information content (AvgIpc) is 2.58. The minimum absolute atomic E-state index is 0.00639. The number of sulfonamides is 1. The molecule has 1 aromatic rings. The van der Waals surface area contributed by atoms with Crippen LogP contribution in [0, 0.1) is 12.8 Å². The van der Waals surface area contributed by atoms with Crippen LogP contribution in [0.1, 0.15) is 19.7 Å². The molecule has 0 spiro atoms. The van der Waals surface area contributed by atoms with E-state index in [1.165, 1.54) is 10.8 Å². The van der Waals surface area contributed by atoms with E-state index in [9.17, 15) is 13.2 Å². The highest BCUT2D eigenvalue weighted by atomic mass is 32.2. The fraction of sp³-hybridized carbons (Fsp3) is 0.636. The Morgan fingerprint density at radius 1 is 1.53 bits per heavy atom. The fourth-order valence-corrected chi connectivity index (χ4v) is 3.36. The number of rotatable bonds is 6. The van der Waals surface area contributed by atoms with E-state index in [0.717, 1.165) is 4.31 Å². The van der Waals surface area contributed by atoms with Gasteiger partial charge in [-0.25, -0.2) is 13.4 Å². The fourth-order valence-electron chi connectivity index (χ4n) is 1.66. The van der Waals surface area contributed by atoms with E-state index < -0.39 is 22.5 Å². The number of imidazole rings is 1. The summed E-state index contributed by atoms with van der Waals surface area (Å²) < 4.78 is 27.3. The van der Waals surface area contributed by atoms with Gasteiger partial charge in [0.15, 0.2) is 5.03 Å². The Morgan fingerprint density at radius 3 is 2.47 bits per heavy atom. The summed E-state index contributed by atoms with van der Waals surface area (Å²) in [7, 11) is -2.26. The highest BCUT2D eigenvalue weighted by molar-refractivity contribution is 7.89. The number of hydrogen-bond acceptors (Lipinski definition) is 4. The number of aryl methyl sites for hydroxylation is 1. The summed E-state index contributed by atoms with van der Waals surface area (Å²) >= 11 is 0. The number of hydrogen-bond donors (Lipinski definition) is 1. The first-order valence-corrected chi connectivity index (χ1v) is 7.30. The summed E-state index contributed by atoms with van der Waals surface area (Å²) in [5.41, 5.74) is 0. The summed E-state index contributed by atoms with van der Waals surface area (Å²) in [5.74, 6) is -0.593. The van der Waals surface area contributed by atoms with Gasteiger partial charge in [-0.05, 0) is 12.8 Å². The number of nitrogens with zero attached hydrogens (tertiary/aromatic N) is 3. The molecule has 0 radical (unpaired) electrons. The van der Waals surface area contributed by atoms with Crippen LogP contribution in [0.2, 0.25) is 0 Å². The van der Waals surface area contributed by atoms with Crippen LogP contribution in [0.3, 0.4) is 0 Å². The molecule has 0 unspecified atom stereocenters. The third-order valence-electron chi connectivity index (χ3n) is 2.66. The molecule has 0 atom stereocenters.